The van der Waals surface area contributed by atoms with Crippen LogP contribution in [0, 0.1) is 6.92 Å². The molecule has 0 spiro atoms. The second-order valence-electron chi connectivity index (χ2n) is 7.04. The van der Waals surface area contributed by atoms with Gasteiger partial charge in [0.2, 0.25) is 17.7 Å². The molecule has 1 N–H and O–H groups in total. The van der Waals surface area contributed by atoms with Gasteiger partial charge in [-0.15, -0.1) is 10.2 Å². The first-order valence-corrected chi connectivity index (χ1v) is 8.98. The minimum atomic E-state index is -0.566. The van der Waals surface area contributed by atoms with E-state index in [9.17, 15) is 9.90 Å². The number of aliphatic hydroxyl groups excluding tert-OH is 1. The Morgan fingerprint density at radius 3 is 2.69 bits per heavy atom. The number of aliphatic hydroxyl groups is 1. The third kappa shape index (κ3) is 4.19. The molecule has 138 valence electrons. The van der Waals surface area contributed by atoms with Gasteiger partial charge in [0.25, 0.3) is 0 Å². The monoisotopic (exact) mass is 355 g/mol. The summed E-state index contributed by atoms with van der Waals surface area (Å²) in [6.45, 7) is 6.33. The maximum atomic E-state index is 12.6. The van der Waals surface area contributed by atoms with Crippen molar-refractivity contribution in [2.45, 2.75) is 51.7 Å². The summed E-state index contributed by atoms with van der Waals surface area (Å²) in [5.74, 6) is 1.29. The van der Waals surface area contributed by atoms with Crippen LogP contribution in [-0.2, 0) is 4.79 Å². The van der Waals surface area contributed by atoms with E-state index >= 15 is 0 Å². The van der Waals surface area contributed by atoms with Crippen LogP contribution < -0.4 is 0 Å². The van der Waals surface area contributed by atoms with Gasteiger partial charge in [-0.2, -0.15) is 0 Å². The first kappa shape index (κ1) is 18.3. The van der Waals surface area contributed by atoms with E-state index in [1.165, 1.54) is 5.56 Å². The van der Waals surface area contributed by atoms with Crippen LogP contribution in [0.15, 0.2) is 34.8 Å². The number of carbonyl (C=O) groups excluding carboxylic acids is 1. The van der Waals surface area contributed by atoms with E-state index in [2.05, 4.69) is 48.3 Å². The van der Waals surface area contributed by atoms with E-state index in [-0.39, 0.29) is 18.4 Å². The van der Waals surface area contributed by atoms with Crippen molar-refractivity contribution in [3.05, 3.63) is 53.2 Å². The second-order valence-corrected chi connectivity index (χ2v) is 7.04. The lowest BCUT2D eigenvalue weighted by molar-refractivity contribution is -0.131. The van der Waals surface area contributed by atoms with Crippen molar-refractivity contribution >= 4 is 12.0 Å². The molecule has 1 aromatic heterocycles. The van der Waals surface area contributed by atoms with Gasteiger partial charge in [-0.3, -0.25) is 4.79 Å². The number of benzene rings is 1. The molecule has 0 unspecified atom stereocenters. The van der Waals surface area contributed by atoms with E-state index in [0.717, 1.165) is 5.56 Å². The summed E-state index contributed by atoms with van der Waals surface area (Å²) < 4.78 is 5.46. The van der Waals surface area contributed by atoms with Gasteiger partial charge in [0.1, 0.15) is 6.04 Å². The molecule has 2 heterocycles. The van der Waals surface area contributed by atoms with Crippen LogP contribution >= 0.6 is 0 Å². The fourth-order valence-electron chi connectivity index (χ4n) is 3.18. The molecule has 1 aromatic carbocycles. The molecule has 1 fully saturated rings. The summed E-state index contributed by atoms with van der Waals surface area (Å²) in [6.07, 6.45) is 3.92. The fraction of sp³-hybridized carbons (Fsp3) is 0.450. The van der Waals surface area contributed by atoms with Crippen molar-refractivity contribution < 1.29 is 14.3 Å². The van der Waals surface area contributed by atoms with Crippen LogP contribution in [-0.4, -0.2) is 38.8 Å². The highest BCUT2D eigenvalue weighted by atomic mass is 16.4. The molecule has 0 saturated carbocycles. The summed E-state index contributed by atoms with van der Waals surface area (Å²) in [5, 5.41) is 17.8. The largest absolute Gasteiger partial charge is 0.423 e. The van der Waals surface area contributed by atoms with Gasteiger partial charge in [-0.1, -0.05) is 50.3 Å². The lowest BCUT2D eigenvalue weighted by atomic mass is 10.0. The molecule has 2 aromatic rings. The van der Waals surface area contributed by atoms with Crippen LogP contribution in [0.2, 0.25) is 0 Å². The smallest absolute Gasteiger partial charge is 0.239 e. The number of amides is 1. The van der Waals surface area contributed by atoms with Gasteiger partial charge in [0.05, 0.1) is 6.10 Å². The first-order chi connectivity index (χ1) is 12.4. The Morgan fingerprint density at radius 1 is 1.35 bits per heavy atom. The molecular formula is C20H25N3O3. The van der Waals surface area contributed by atoms with Crippen molar-refractivity contribution in [3.8, 4) is 0 Å². The topological polar surface area (TPSA) is 79.5 Å². The lowest BCUT2D eigenvalue weighted by Gasteiger charge is -2.21. The molecule has 0 aliphatic carbocycles. The Labute approximate surface area is 153 Å². The van der Waals surface area contributed by atoms with Crippen molar-refractivity contribution in [3.63, 3.8) is 0 Å². The average Bonchev–Trinajstić information content (AvgIpc) is 3.21. The number of aryl methyl sites for hydroxylation is 1. The standard InChI is InChI=1S/C20H25N3O3/c1-13(2)16-9-7-15(8-10-16)5-4-6-19(25)23-12-17(24)11-18(23)20-22-21-14(3)26-20/h4-5,7-10,13,17-18,24H,6,11-12H2,1-3H3/b5-4+/t17-,18-/m1/s1. The molecule has 6 nitrogen and oxygen atoms in total. The molecule has 0 radical (unpaired) electrons. The van der Waals surface area contributed by atoms with E-state index in [1.807, 2.05) is 12.2 Å². The number of β-amino-alcohol motifs (C(OH)–C–C–N with tert-alkyl or cyclic N) is 1. The molecule has 1 aliphatic heterocycles. The van der Waals surface area contributed by atoms with Crippen LogP contribution in [0.3, 0.4) is 0 Å². The Kier molecular flexibility index (Phi) is 5.52. The SMILES string of the molecule is Cc1nnc([C@H]2C[C@@H](O)CN2C(=O)C/C=C/c2ccc(C(C)C)cc2)o1. The maximum absolute atomic E-state index is 12.6. The molecule has 26 heavy (non-hydrogen) atoms. The Hall–Kier alpha value is -2.47. The van der Waals surface area contributed by atoms with Crippen molar-refractivity contribution in [2.75, 3.05) is 6.54 Å². The predicted molar refractivity (Wildman–Crippen MR) is 98.3 cm³/mol. The van der Waals surface area contributed by atoms with Gasteiger partial charge in [0.15, 0.2) is 0 Å². The highest BCUT2D eigenvalue weighted by Gasteiger charge is 2.37. The van der Waals surface area contributed by atoms with Crippen molar-refractivity contribution in [1.29, 1.82) is 0 Å². The van der Waals surface area contributed by atoms with Crippen LogP contribution in [0.25, 0.3) is 6.08 Å². The van der Waals surface area contributed by atoms with Gasteiger partial charge in [0, 0.05) is 26.3 Å². The van der Waals surface area contributed by atoms with Gasteiger partial charge < -0.3 is 14.4 Å². The summed E-state index contributed by atoms with van der Waals surface area (Å²) in [6, 6.07) is 7.98. The minimum Gasteiger partial charge on any atom is -0.423 e. The molecule has 6 heteroatoms. The number of rotatable bonds is 5. The third-order valence-corrected chi connectivity index (χ3v) is 4.63. The number of likely N-dealkylation sites (tertiary alicyclic amines) is 1. The number of hydrogen-bond donors (Lipinski definition) is 1. The number of nitrogens with zero attached hydrogens (tertiary/aromatic N) is 3. The molecule has 1 amide bonds. The van der Waals surface area contributed by atoms with Crippen LogP contribution in [0.5, 0.6) is 0 Å². The zero-order valence-electron chi connectivity index (χ0n) is 15.4. The maximum Gasteiger partial charge on any atom is 0.239 e. The predicted octanol–water partition coefficient (Wildman–Crippen LogP) is 3.24. The molecule has 2 atom stereocenters. The third-order valence-electron chi connectivity index (χ3n) is 4.63. The second kappa shape index (κ2) is 7.83. The summed E-state index contributed by atoms with van der Waals surface area (Å²) in [4.78, 5) is 14.2. The van der Waals surface area contributed by atoms with Gasteiger partial charge >= 0.3 is 0 Å². The molecule has 1 saturated heterocycles. The molecule has 0 bridgehead atoms. The van der Waals surface area contributed by atoms with Crippen molar-refractivity contribution in [2.24, 2.45) is 0 Å². The molecule has 1 aliphatic rings. The van der Waals surface area contributed by atoms with Gasteiger partial charge in [-0.05, 0) is 17.0 Å². The highest BCUT2D eigenvalue weighted by molar-refractivity contribution is 5.79. The Morgan fingerprint density at radius 2 is 2.08 bits per heavy atom. The van der Waals surface area contributed by atoms with Crippen LogP contribution in [0.4, 0.5) is 0 Å². The number of hydrogen-bond acceptors (Lipinski definition) is 5. The zero-order valence-corrected chi connectivity index (χ0v) is 15.4. The fourth-order valence-corrected chi connectivity index (χ4v) is 3.18. The Bertz CT molecular complexity index is 780. The number of aromatic nitrogens is 2. The Balaban J connectivity index is 1.63. The van der Waals surface area contributed by atoms with E-state index in [0.29, 0.717) is 30.7 Å². The average molecular weight is 355 g/mol. The molecule has 3 rings (SSSR count). The zero-order chi connectivity index (χ0) is 18.7. The summed E-state index contributed by atoms with van der Waals surface area (Å²) in [5.41, 5.74) is 2.36. The minimum absolute atomic E-state index is 0.0579. The molecular weight excluding hydrogens is 330 g/mol. The normalized spacial score (nSPS) is 20.4. The first-order valence-electron chi connectivity index (χ1n) is 8.98. The lowest BCUT2D eigenvalue weighted by Crippen LogP contribution is -2.31. The van der Waals surface area contributed by atoms with E-state index in [4.69, 9.17) is 4.42 Å². The summed E-state index contributed by atoms with van der Waals surface area (Å²) in [7, 11) is 0. The number of carbonyl (C=O) groups is 1. The van der Waals surface area contributed by atoms with E-state index in [1.54, 1.807) is 11.8 Å². The highest BCUT2D eigenvalue weighted by Crippen LogP contribution is 2.32. The summed E-state index contributed by atoms with van der Waals surface area (Å²) >= 11 is 0. The van der Waals surface area contributed by atoms with Crippen molar-refractivity contribution in [1.82, 2.24) is 15.1 Å². The quantitative estimate of drug-likeness (QED) is 0.891. The van der Waals surface area contributed by atoms with Crippen LogP contribution in [0.1, 0.15) is 61.6 Å². The van der Waals surface area contributed by atoms with E-state index < -0.39 is 6.10 Å². The van der Waals surface area contributed by atoms with Gasteiger partial charge in [-0.25, -0.2) is 0 Å².